The molecule has 10 heteroatoms. The fraction of sp³-hybridized carbons (Fsp3) is 0.263. The molecular formula is C19H20Cl3N3O3S. The smallest absolute Gasteiger partial charge is 0.253 e. The maximum absolute atomic E-state index is 12.5. The van der Waals surface area contributed by atoms with E-state index in [0.29, 0.717) is 23.6 Å². The Balaban J connectivity index is 2.04. The highest BCUT2D eigenvalue weighted by molar-refractivity contribution is 7.80. The van der Waals surface area contributed by atoms with Crippen LogP contribution < -0.4 is 25.4 Å². The number of methoxy groups -OCH3 is 1. The zero-order valence-electron chi connectivity index (χ0n) is 15.7. The number of amides is 1. The molecule has 2 aromatic carbocycles. The maximum atomic E-state index is 12.5. The van der Waals surface area contributed by atoms with Crippen molar-refractivity contribution in [3.63, 3.8) is 0 Å². The van der Waals surface area contributed by atoms with Gasteiger partial charge in [0.05, 0.1) is 13.7 Å². The Bertz CT molecular complexity index is 845. The minimum Gasteiger partial charge on any atom is -0.497 e. The number of halogens is 3. The van der Waals surface area contributed by atoms with Gasteiger partial charge in [0.25, 0.3) is 5.91 Å². The summed E-state index contributed by atoms with van der Waals surface area (Å²) in [4.78, 5) is 12.5. The number of benzene rings is 2. The normalized spacial score (nSPS) is 11.9. The second-order valence-corrected chi connectivity index (χ2v) is 8.51. The summed E-state index contributed by atoms with van der Waals surface area (Å²) in [5, 5.41) is 8.55. The second-order valence-electron chi connectivity index (χ2n) is 5.74. The summed E-state index contributed by atoms with van der Waals surface area (Å²) in [7, 11) is 1.51. The van der Waals surface area contributed by atoms with E-state index in [4.69, 9.17) is 56.5 Å². The minimum atomic E-state index is -1.86. The molecule has 0 fully saturated rings. The fourth-order valence-electron chi connectivity index (χ4n) is 2.28. The van der Waals surface area contributed by atoms with Gasteiger partial charge in [-0.3, -0.25) is 4.79 Å². The number of carbonyl (C=O) groups is 1. The number of hydrogen-bond acceptors (Lipinski definition) is 4. The Morgan fingerprint density at radius 3 is 2.38 bits per heavy atom. The second kappa shape index (κ2) is 10.7. The zero-order valence-corrected chi connectivity index (χ0v) is 18.8. The molecule has 0 heterocycles. The van der Waals surface area contributed by atoms with Crippen LogP contribution in [0.5, 0.6) is 11.5 Å². The molecule has 0 bridgehead atoms. The largest absolute Gasteiger partial charge is 0.497 e. The number of hydrogen-bond donors (Lipinski definition) is 3. The monoisotopic (exact) mass is 475 g/mol. The Labute approximate surface area is 189 Å². The molecule has 0 aliphatic carbocycles. The van der Waals surface area contributed by atoms with Crippen LogP contribution in [-0.4, -0.2) is 34.7 Å². The van der Waals surface area contributed by atoms with Crippen molar-refractivity contribution in [3.8, 4) is 11.5 Å². The van der Waals surface area contributed by atoms with Gasteiger partial charge in [0.2, 0.25) is 3.79 Å². The molecule has 0 spiro atoms. The lowest BCUT2D eigenvalue weighted by atomic mass is 10.2. The lowest BCUT2D eigenvalue weighted by Crippen LogP contribution is -2.56. The van der Waals surface area contributed by atoms with E-state index in [9.17, 15) is 4.79 Å². The van der Waals surface area contributed by atoms with E-state index in [1.165, 1.54) is 7.11 Å². The summed E-state index contributed by atoms with van der Waals surface area (Å²) < 4.78 is 8.65. The van der Waals surface area contributed by atoms with Crippen molar-refractivity contribution in [2.45, 2.75) is 16.9 Å². The highest BCUT2D eigenvalue weighted by Gasteiger charge is 2.35. The number of anilines is 1. The standard InChI is InChI=1S/C19H20Cl3N3O3S/c1-3-28-14-9-7-13(8-10-14)23-18(29)25-17(19(20,21)22)24-16(26)12-5-4-6-15(11-12)27-2/h4-11,17H,3H2,1-2H3,(H,24,26)(H2,23,25,29)/t17-/m0/s1. The number of carbonyl (C=O) groups excluding carboxylic acids is 1. The summed E-state index contributed by atoms with van der Waals surface area (Å²) in [6.07, 6.45) is -1.09. The molecule has 29 heavy (non-hydrogen) atoms. The molecule has 0 aliphatic heterocycles. The van der Waals surface area contributed by atoms with E-state index in [2.05, 4.69) is 16.0 Å². The summed E-state index contributed by atoms with van der Waals surface area (Å²) in [6, 6.07) is 13.8. The zero-order chi connectivity index (χ0) is 21.4. The molecule has 0 aliphatic rings. The van der Waals surface area contributed by atoms with Crippen LogP contribution in [0.1, 0.15) is 17.3 Å². The first-order valence-corrected chi connectivity index (χ1v) is 10.1. The van der Waals surface area contributed by atoms with Crippen LogP contribution in [-0.2, 0) is 0 Å². The molecule has 2 rings (SSSR count). The van der Waals surface area contributed by atoms with E-state index in [1.54, 1.807) is 48.5 Å². The summed E-state index contributed by atoms with van der Waals surface area (Å²) >= 11 is 23.3. The van der Waals surface area contributed by atoms with Gasteiger partial charge in [-0.05, 0) is 61.6 Å². The molecule has 0 saturated carbocycles. The van der Waals surface area contributed by atoms with Crippen molar-refractivity contribution in [1.29, 1.82) is 0 Å². The van der Waals surface area contributed by atoms with Crippen molar-refractivity contribution in [2.75, 3.05) is 19.0 Å². The number of thiocarbonyl (C=S) groups is 1. The van der Waals surface area contributed by atoms with E-state index in [1.807, 2.05) is 6.92 Å². The highest BCUT2D eigenvalue weighted by atomic mass is 35.6. The van der Waals surface area contributed by atoms with Gasteiger partial charge in [0, 0.05) is 11.3 Å². The van der Waals surface area contributed by atoms with Crippen LogP contribution in [0, 0.1) is 0 Å². The van der Waals surface area contributed by atoms with Crippen molar-refractivity contribution in [1.82, 2.24) is 10.6 Å². The molecule has 0 aromatic heterocycles. The van der Waals surface area contributed by atoms with Crippen LogP contribution in [0.15, 0.2) is 48.5 Å². The number of alkyl halides is 3. The van der Waals surface area contributed by atoms with Crippen LogP contribution in [0.4, 0.5) is 5.69 Å². The Morgan fingerprint density at radius 2 is 1.79 bits per heavy atom. The quantitative estimate of drug-likeness (QED) is 0.310. The maximum Gasteiger partial charge on any atom is 0.253 e. The molecular weight excluding hydrogens is 457 g/mol. The average molecular weight is 477 g/mol. The van der Waals surface area contributed by atoms with Gasteiger partial charge in [-0.2, -0.15) is 0 Å². The molecule has 156 valence electrons. The van der Waals surface area contributed by atoms with Crippen molar-refractivity contribution in [2.24, 2.45) is 0 Å². The lowest BCUT2D eigenvalue weighted by Gasteiger charge is -2.27. The first-order chi connectivity index (χ1) is 13.7. The molecule has 0 radical (unpaired) electrons. The van der Waals surface area contributed by atoms with Gasteiger partial charge < -0.3 is 25.4 Å². The van der Waals surface area contributed by atoms with Crippen LogP contribution >= 0.6 is 47.0 Å². The highest BCUT2D eigenvalue weighted by Crippen LogP contribution is 2.29. The van der Waals surface area contributed by atoms with Gasteiger partial charge in [-0.25, -0.2) is 0 Å². The van der Waals surface area contributed by atoms with E-state index >= 15 is 0 Å². The van der Waals surface area contributed by atoms with E-state index in [0.717, 1.165) is 5.75 Å². The molecule has 3 N–H and O–H groups in total. The van der Waals surface area contributed by atoms with Gasteiger partial charge in [-0.15, -0.1) is 0 Å². The third-order valence-corrected chi connectivity index (χ3v) is 4.51. The topological polar surface area (TPSA) is 71.6 Å². The van der Waals surface area contributed by atoms with Gasteiger partial charge in [0.15, 0.2) is 5.11 Å². The number of ether oxygens (including phenoxy) is 2. The Hall–Kier alpha value is -1.93. The van der Waals surface area contributed by atoms with Gasteiger partial charge in [-0.1, -0.05) is 40.9 Å². The summed E-state index contributed by atoms with van der Waals surface area (Å²) in [5.41, 5.74) is 1.05. The predicted octanol–water partition coefficient (Wildman–Crippen LogP) is 4.51. The third kappa shape index (κ3) is 7.44. The van der Waals surface area contributed by atoms with Crippen LogP contribution in [0.25, 0.3) is 0 Å². The van der Waals surface area contributed by atoms with Gasteiger partial charge in [0.1, 0.15) is 17.7 Å². The molecule has 1 amide bonds. The number of rotatable bonds is 7. The van der Waals surface area contributed by atoms with Crippen LogP contribution in [0.3, 0.4) is 0 Å². The molecule has 0 unspecified atom stereocenters. The number of nitrogens with one attached hydrogen (secondary N) is 3. The SMILES string of the molecule is CCOc1ccc(NC(=S)N[C@H](NC(=O)c2cccc(OC)c2)C(Cl)(Cl)Cl)cc1. The van der Waals surface area contributed by atoms with E-state index < -0.39 is 15.9 Å². The fourth-order valence-corrected chi connectivity index (χ4v) is 2.84. The minimum absolute atomic E-state index is 0.163. The van der Waals surface area contributed by atoms with Crippen molar-refractivity contribution >= 4 is 63.7 Å². The lowest BCUT2D eigenvalue weighted by molar-refractivity contribution is 0.0934. The van der Waals surface area contributed by atoms with Crippen molar-refractivity contribution in [3.05, 3.63) is 54.1 Å². The Morgan fingerprint density at radius 1 is 1.10 bits per heavy atom. The van der Waals surface area contributed by atoms with Crippen molar-refractivity contribution < 1.29 is 14.3 Å². The van der Waals surface area contributed by atoms with Crippen LogP contribution in [0.2, 0.25) is 0 Å². The molecule has 1 atom stereocenters. The summed E-state index contributed by atoms with van der Waals surface area (Å²) in [5.74, 6) is 0.807. The first kappa shape index (κ1) is 23.3. The average Bonchev–Trinajstić information content (AvgIpc) is 2.68. The van der Waals surface area contributed by atoms with E-state index in [-0.39, 0.29) is 5.11 Å². The molecule has 2 aromatic rings. The Kier molecular flexibility index (Phi) is 8.64. The summed E-state index contributed by atoms with van der Waals surface area (Å²) in [6.45, 7) is 2.48. The predicted molar refractivity (Wildman–Crippen MR) is 122 cm³/mol. The molecule has 6 nitrogen and oxygen atoms in total. The van der Waals surface area contributed by atoms with Gasteiger partial charge >= 0.3 is 0 Å². The molecule has 0 saturated heterocycles. The third-order valence-electron chi connectivity index (χ3n) is 3.63. The first-order valence-electron chi connectivity index (χ1n) is 8.55.